The second kappa shape index (κ2) is 6.91. The third-order valence-corrected chi connectivity index (χ3v) is 8.31. The molecular formula is C19H26N2O4S2. The molecule has 1 amide bonds. The Labute approximate surface area is 164 Å². The molecule has 27 heavy (non-hydrogen) atoms. The van der Waals surface area contributed by atoms with Crippen LogP contribution in [0.15, 0.2) is 23.1 Å². The highest BCUT2D eigenvalue weighted by molar-refractivity contribution is 7.93. The molecule has 1 heterocycles. The number of aromatic hydroxyl groups is 1. The Hall–Kier alpha value is -1.93. The van der Waals surface area contributed by atoms with Gasteiger partial charge in [0.05, 0.1) is 10.6 Å². The van der Waals surface area contributed by atoms with Crippen LogP contribution in [0.2, 0.25) is 0 Å². The van der Waals surface area contributed by atoms with Gasteiger partial charge in [-0.15, -0.1) is 11.3 Å². The second-order valence-corrected chi connectivity index (χ2v) is 11.6. The molecule has 0 radical (unpaired) electrons. The lowest BCUT2D eigenvalue weighted by Gasteiger charge is -2.23. The number of sulfone groups is 1. The Morgan fingerprint density at radius 3 is 2.22 bits per heavy atom. The zero-order chi connectivity index (χ0) is 20.8. The zero-order valence-electron chi connectivity index (χ0n) is 16.7. The lowest BCUT2D eigenvalue weighted by molar-refractivity contribution is -0.117. The van der Waals surface area contributed by atoms with Crippen LogP contribution >= 0.6 is 11.3 Å². The van der Waals surface area contributed by atoms with Gasteiger partial charge in [-0.1, -0.05) is 26.8 Å². The van der Waals surface area contributed by atoms with Gasteiger partial charge >= 0.3 is 0 Å². The van der Waals surface area contributed by atoms with Crippen LogP contribution in [0.4, 0.5) is 5.13 Å². The van der Waals surface area contributed by atoms with Crippen molar-refractivity contribution in [3.8, 4) is 5.75 Å². The van der Waals surface area contributed by atoms with E-state index in [9.17, 15) is 18.3 Å². The predicted octanol–water partition coefficient (Wildman–Crippen LogP) is 3.95. The highest BCUT2D eigenvalue weighted by atomic mass is 32.2. The number of hydrogen-bond donors (Lipinski definition) is 2. The van der Waals surface area contributed by atoms with Crippen LogP contribution in [0.1, 0.15) is 50.8 Å². The van der Waals surface area contributed by atoms with Crippen LogP contribution in [0.3, 0.4) is 0 Å². The van der Waals surface area contributed by atoms with Gasteiger partial charge in [0.2, 0.25) is 5.91 Å². The molecule has 1 aromatic carbocycles. The lowest BCUT2D eigenvalue weighted by Crippen LogP contribution is -2.44. The average Bonchev–Trinajstić information content (AvgIpc) is 2.90. The van der Waals surface area contributed by atoms with Crippen LogP contribution < -0.4 is 5.32 Å². The van der Waals surface area contributed by atoms with Crippen molar-refractivity contribution in [3.05, 3.63) is 34.3 Å². The van der Waals surface area contributed by atoms with E-state index in [1.54, 1.807) is 6.92 Å². The van der Waals surface area contributed by atoms with Gasteiger partial charge in [-0.25, -0.2) is 13.4 Å². The Morgan fingerprint density at radius 1 is 1.15 bits per heavy atom. The number of thiazole rings is 1. The molecule has 0 bridgehead atoms. The number of nitrogens with one attached hydrogen (secondary N) is 1. The summed E-state index contributed by atoms with van der Waals surface area (Å²) in [6, 6.07) is 4.08. The normalized spacial score (nSPS) is 12.9. The topological polar surface area (TPSA) is 96.4 Å². The summed E-state index contributed by atoms with van der Waals surface area (Å²) >= 11 is 1.34. The summed E-state index contributed by atoms with van der Waals surface area (Å²) in [5, 5.41) is 12.9. The number of rotatable bonds is 4. The molecule has 0 spiro atoms. The number of amides is 1. The van der Waals surface area contributed by atoms with Crippen molar-refractivity contribution in [2.45, 2.75) is 63.5 Å². The quantitative estimate of drug-likeness (QED) is 0.795. The van der Waals surface area contributed by atoms with Gasteiger partial charge in [-0.2, -0.15) is 0 Å². The largest absolute Gasteiger partial charge is 0.508 e. The molecule has 0 unspecified atom stereocenters. The number of phenolic OH excluding ortho intramolecular Hbond substituents is 1. The fraction of sp³-hybridized carbons (Fsp3) is 0.474. The minimum atomic E-state index is -4.02. The third-order valence-electron chi connectivity index (χ3n) is 4.41. The maximum absolute atomic E-state index is 13.0. The first-order valence-electron chi connectivity index (χ1n) is 8.51. The summed E-state index contributed by atoms with van der Waals surface area (Å²) < 4.78 is 24.2. The maximum Gasteiger partial charge on any atom is 0.247 e. The van der Waals surface area contributed by atoms with Gasteiger partial charge in [-0.05, 0) is 50.8 Å². The number of carbonyl (C=O) groups is 1. The fourth-order valence-electron chi connectivity index (χ4n) is 2.57. The number of phenols is 1. The van der Waals surface area contributed by atoms with Gasteiger partial charge in [0.15, 0.2) is 15.0 Å². The number of benzene rings is 1. The van der Waals surface area contributed by atoms with Crippen LogP contribution in [-0.2, 0) is 20.0 Å². The van der Waals surface area contributed by atoms with Crippen molar-refractivity contribution in [3.63, 3.8) is 0 Å². The van der Waals surface area contributed by atoms with Crippen molar-refractivity contribution in [2.75, 3.05) is 5.32 Å². The predicted molar refractivity (Wildman–Crippen MR) is 108 cm³/mol. The summed E-state index contributed by atoms with van der Waals surface area (Å²) in [7, 11) is -4.02. The molecule has 1 aromatic heterocycles. The molecule has 0 aliphatic rings. The molecule has 2 rings (SSSR count). The Bertz CT molecular complexity index is 984. The van der Waals surface area contributed by atoms with Gasteiger partial charge in [0, 0.05) is 4.88 Å². The number of hydrogen-bond acceptors (Lipinski definition) is 6. The molecule has 2 aromatic rings. The Kier molecular flexibility index (Phi) is 5.47. The molecule has 0 aliphatic carbocycles. The van der Waals surface area contributed by atoms with Gasteiger partial charge in [-0.3, -0.25) is 4.79 Å². The summed E-state index contributed by atoms with van der Waals surface area (Å²) in [5.74, 6) is -0.797. The molecule has 0 atom stereocenters. The maximum atomic E-state index is 13.0. The number of nitrogens with zero attached hydrogens (tertiary/aromatic N) is 1. The van der Waals surface area contributed by atoms with E-state index in [1.165, 1.54) is 43.4 Å². The SMILES string of the molecule is Cc1ccc(S(=O)(=O)C(C)(C)C(=O)Nc2nc(C)c(C(C)(C)C)s2)cc1O. The zero-order valence-corrected chi connectivity index (χ0v) is 18.3. The first-order valence-corrected chi connectivity index (χ1v) is 10.8. The molecule has 6 nitrogen and oxygen atoms in total. The summed E-state index contributed by atoms with van der Waals surface area (Å²) in [6.07, 6.45) is 0. The highest BCUT2D eigenvalue weighted by Crippen LogP contribution is 2.35. The van der Waals surface area contributed by atoms with Crippen molar-refractivity contribution in [2.24, 2.45) is 0 Å². The van der Waals surface area contributed by atoms with E-state index in [0.29, 0.717) is 10.7 Å². The van der Waals surface area contributed by atoms with Crippen LogP contribution in [0.25, 0.3) is 0 Å². The minimum absolute atomic E-state index is 0.101. The van der Waals surface area contributed by atoms with E-state index in [2.05, 4.69) is 31.1 Å². The first kappa shape index (κ1) is 21.4. The van der Waals surface area contributed by atoms with Gasteiger partial charge in [0.1, 0.15) is 10.5 Å². The van der Waals surface area contributed by atoms with Crippen LogP contribution in [0, 0.1) is 13.8 Å². The fourth-order valence-corrected chi connectivity index (χ4v) is 4.98. The van der Waals surface area contributed by atoms with Crippen molar-refractivity contribution >= 4 is 32.2 Å². The molecule has 0 saturated carbocycles. The van der Waals surface area contributed by atoms with Gasteiger partial charge in [0.25, 0.3) is 0 Å². The molecule has 0 saturated heterocycles. The molecule has 148 valence electrons. The average molecular weight is 411 g/mol. The highest BCUT2D eigenvalue weighted by Gasteiger charge is 2.43. The van der Waals surface area contributed by atoms with Crippen molar-refractivity contribution < 1.29 is 18.3 Å². The summed E-state index contributed by atoms with van der Waals surface area (Å²) in [5.41, 5.74) is 1.25. The molecular weight excluding hydrogens is 384 g/mol. The monoisotopic (exact) mass is 410 g/mol. The van der Waals surface area contributed by atoms with E-state index in [0.717, 1.165) is 10.6 Å². The van der Waals surface area contributed by atoms with Crippen molar-refractivity contribution in [1.82, 2.24) is 4.98 Å². The summed E-state index contributed by atoms with van der Waals surface area (Å²) in [4.78, 5) is 18.1. The lowest BCUT2D eigenvalue weighted by atomic mass is 9.94. The van der Waals surface area contributed by atoms with Crippen LogP contribution in [-0.4, -0.2) is 29.2 Å². The Morgan fingerprint density at radius 2 is 1.74 bits per heavy atom. The van der Waals surface area contributed by atoms with E-state index in [4.69, 9.17) is 0 Å². The Balaban J connectivity index is 2.35. The van der Waals surface area contributed by atoms with Crippen molar-refractivity contribution in [1.29, 1.82) is 0 Å². The van der Waals surface area contributed by atoms with Crippen LogP contribution in [0.5, 0.6) is 5.75 Å². The smallest absolute Gasteiger partial charge is 0.247 e. The third kappa shape index (κ3) is 4.01. The van der Waals surface area contributed by atoms with E-state index in [-0.39, 0.29) is 16.1 Å². The summed E-state index contributed by atoms with van der Waals surface area (Å²) in [6.45, 7) is 12.4. The minimum Gasteiger partial charge on any atom is -0.508 e. The molecule has 8 heteroatoms. The number of anilines is 1. The number of aryl methyl sites for hydroxylation is 2. The standard InChI is InChI=1S/C19H26N2O4S2/c1-11-8-9-13(10-14(11)22)27(24,25)19(6,7)16(23)21-17-20-12(2)15(26-17)18(3,4)5/h8-10,22H,1-7H3,(H,20,21,23). The van der Waals surface area contributed by atoms with E-state index < -0.39 is 20.5 Å². The number of aromatic nitrogens is 1. The first-order chi connectivity index (χ1) is 12.2. The molecule has 0 aliphatic heterocycles. The molecule has 2 N–H and O–H groups in total. The van der Waals surface area contributed by atoms with E-state index in [1.807, 2.05) is 6.92 Å². The number of carbonyl (C=O) groups excluding carboxylic acids is 1. The second-order valence-electron chi connectivity index (χ2n) is 8.10. The molecule has 0 fully saturated rings. The van der Waals surface area contributed by atoms with Gasteiger partial charge < -0.3 is 10.4 Å². The van der Waals surface area contributed by atoms with E-state index >= 15 is 0 Å².